The minimum atomic E-state index is -0.629. The summed E-state index contributed by atoms with van der Waals surface area (Å²) in [6.45, 7) is 2.02. The zero-order valence-corrected chi connectivity index (χ0v) is 15.1. The average Bonchev–Trinajstić information content (AvgIpc) is 2.70. The van der Waals surface area contributed by atoms with E-state index in [1.807, 2.05) is 19.1 Å². The first-order chi connectivity index (χ1) is 13.1. The van der Waals surface area contributed by atoms with E-state index >= 15 is 0 Å². The van der Waals surface area contributed by atoms with Gasteiger partial charge < -0.3 is 5.32 Å². The molecule has 2 bridgehead atoms. The number of rotatable bonds is 2. The molecule has 0 aromatic heterocycles. The Morgan fingerprint density at radius 3 is 2.00 bits per heavy atom. The average molecular weight is 357 g/mol. The first-order valence-corrected chi connectivity index (χ1v) is 9.33. The van der Waals surface area contributed by atoms with Crippen LogP contribution in [0.1, 0.15) is 47.4 Å². The number of hydrogen-bond acceptors (Lipinski definition) is 1. The monoisotopic (exact) mass is 357 g/mol. The molecule has 0 spiro atoms. The largest absolute Gasteiger partial charge is 0.323 e. The van der Waals surface area contributed by atoms with Crippen LogP contribution in [0.4, 0.5) is 10.1 Å². The van der Waals surface area contributed by atoms with Crippen molar-refractivity contribution in [1.82, 2.24) is 0 Å². The molecule has 0 heterocycles. The molecular formula is C24H20FNO. The van der Waals surface area contributed by atoms with E-state index in [-0.39, 0.29) is 23.4 Å². The summed E-state index contributed by atoms with van der Waals surface area (Å²) in [5.74, 6) is -0.358. The van der Waals surface area contributed by atoms with E-state index in [1.54, 1.807) is 18.2 Å². The highest BCUT2D eigenvalue weighted by Gasteiger charge is 2.53. The molecule has 3 aromatic rings. The van der Waals surface area contributed by atoms with Crippen LogP contribution >= 0.6 is 0 Å². The zero-order valence-electron chi connectivity index (χ0n) is 15.1. The van der Waals surface area contributed by atoms with Gasteiger partial charge in [-0.1, -0.05) is 60.7 Å². The number of hydrogen-bond donors (Lipinski definition) is 1. The van der Waals surface area contributed by atoms with E-state index in [0.717, 1.165) is 6.42 Å². The Balaban J connectivity index is 1.62. The van der Waals surface area contributed by atoms with Gasteiger partial charge in [-0.05, 0) is 47.7 Å². The molecule has 3 aliphatic rings. The Hall–Kier alpha value is -2.94. The van der Waals surface area contributed by atoms with E-state index in [4.69, 9.17) is 0 Å². The van der Waals surface area contributed by atoms with Crippen LogP contribution < -0.4 is 5.32 Å². The Morgan fingerprint density at radius 2 is 1.41 bits per heavy atom. The number of para-hydroxylation sites is 1. The number of nitrogens with one attached hydrogen (secondary N) is 1. The summed E-state index contributed by atoms with van der Waals surface area (Å²) in [5.41, 5.74) is 4.69. The highest BCUT2D eigenvalue weighted by molar-refractivity contribution is 5.97. The summed E-state index contributed by atoms with van der Waals surface area (Å²) >= 11 is 0. The normalized spacial score (nSPS) is 24.8. The summed E-state index contributed by atoms with van der Waals surface area (Å²) in [6.07, 6.45) is 0.728. The van der Waals surface area contributed by atoms with Crippen molar-refractivity contribution < 1.29 is 9.18 Å². The summed E-state index contributed by atoms with van der Waals surface area (Å²) in [5, 5.41) is 2.85. The van der Waals surface area contributed by atoms with Crippen molar-refractivity contribution in [2.24, 2.45) is 5.41 Å². The van der Waals surface area contributed by atoms with Crippen molar-refractivity contribution in [2.75, 3.05) is 5.32 Å². The molecule has 0 saturated heterocycles. The third-order valence-corrected chi connectivity index (χ3v) is 6.27. The number of anilines is 1. The number of carbonyl (C=O) groups is 1. The van der Waals surface area contributed by atoms with Crippen LogP contribution in [0.5, 0.6) is 0 Å². The Morgan fingerprint density at radius 1 is 0.889 bits per heavy atom. The molecule has 1 atom stereocenters. The van der Waals surface area contributed by atoms with E-state index in [2.05, 4.69) is 41.7 Å². The van der Waals surface area contributed by atoms with Crippen LogP contribution in [0.2, 0.25) is 0 Å². The van der Waals surface area contributed by atoms with Gasteiger partial charge in [0.25, 0.3) is 0 Å². The quantitative estimate of drug-likeness (QED) is 0.649. The standard InChI is InChI=1S/C24H20FNO/c1-24(23(27)26-21-13-7-6-12-20(21)25)14-19-15-8-2-4-10-17(15)22(24)18-11-5-3-9-16(18)19/h2-13,19,22H,14H2,1H3,(H,26,27)/t19?,22?,24-/m1/s1. The van der Waals surface area contributed by atoms with Gasteiger partial charge >= 0.3 is 0 Å². The van der Waals surface area contributed by atoms with Crippen LogP contribution in [0.15, 0.2) is 72.8 Å². The molecule has 1 N–H and O–H groups in total. The van der Waals surface area contributed by atoms with Crippen LogP contribution in [0.3, 0.4) is 0 Å². The number of fused-ring (bicyclic) bond motifs is 1. The van der Waals surface area contributed by atoms with Gasteiger partial charge in [0.15, 0.2) is 0 Å². The molecule has 3 aliphatic carbocycles. The van der Waals surface area contributed by atoms with Crippen LogP contribution in [-0.2, 0) is 4.79 Å². The number of benzene rings is 3. The van der Waals surface area contributed by atoms with E-state index in [0.29, 0.717) is 0 Å². The fourth-order valence-electron chi connectivity index (χ4n) is 5.02. The second-order valence-corrected chi connectivity index (χ2v) is 7.80. The fraction of sp³-hybridized carbons (Fsp3) is 0.208. The zero-order chi connectivity index (χ0) is 18.6. The smallest absolute Gasteiger partial charge is 0.231 e. The van der Waals surface area contributed by atoms with E-state index in [1.165, 1.54) is 28.3 Å². The van der Waals surface area contributed by atoms with Crippen molar-refractivity contribution in [1.29, 1.82) is 0 Å². The van der Waals surface area contributed by atoms with E-state index in [9.17, 15) is 9.18 Å². The number of halogens is 1. The summed E-state index contributed by atoms with van der Waals surface area (Å²) < 4.78 is 14.1. The maximum absolute atomic E-state index is 14.1. The molecule has 134 valence electrons. The van der Waals surface area contributed by atoms with Gasteiger partial charge in [-0.3, -0.25) is 4.79 Å². The number of carbonyl (C=O) groups excluding carboxylic acids is 1. The lowest BCUT2D eigenvalue weighted by Gasteiger charge is -2.50. The molecular weight excluding hydrogens is 337 g/mol. The highest BCUT2D eigenvalue weighted by Crippen LogP contribution is 2.61. The van der Waals surface area contributed by atoms with Crippen molar-refractivity contribution in [3.05, 3.63) is 101 Å². The second kappa shape index (κ2) is 5.78. The predicted octanol–water partition coefficient (Wildman–Crippen LogP) is 5.45. The van der Waals surface area contributed by atoms with Gasteiger partial charge in [0.2, 0.25) is 5.91 Å². The van der Waals surface area contributed by atoms with Crippen molar-refractivity contribution in [3.63, 3.8) is 0 Å². The highest BCUT2D eigenvalue weighted by atomic mass is 19.1. The molecule has 6 rings (SSSR count). The molecule has 2 nitrogen and oxygen atoms in total. The maximum atomic E-state index is 14.1. The molecule has 0 aliphatic heterocycles. The molecule has 1 amide bonds. The molecule has 0 fully saturated rings. The van der Waals surface area contributed by atoms with Crippen molar-refractivity contribution >= 4 is 11.6 Å². The third-order valence-electron chi connectivity index (χ3n) is 6.27. The molecule has 3 aromatic carbocycles. The van der Waals surface area contributed by atoms with E-state index < -0.39 is 11.2 Å². The first kappa shape index (κ1) is 16.2. The molecule has 0 saturated carbocycles. The molecule has 27 heavy (non-hydrogen) atoms. The predicted molar refractivity (Wildman–Crippen MR) is 104 cm³/mol. The SMILES string of the molecule is C[C@@]1(C(=O)Nc2ccccc2F)CC2c3ccccc3C1c1ccccc12. The maximum Gasteiger partial charge on any atom is 0.231 e. The third kappa shape index (κ3) is 2.27. The molecule has 3 heteroatoms. The van der Waals surface area contributed by atoms with Gasteiger partial charge in [-0.15, -0.1) is 0 Å². The summed E-state index contributed by atoms with van der Waals surface area (Å²) in [7, 11) is 0. The van der Waals surface area contributed by atoms with Gasteiger partial charge in [-0.2, -0.15) is 0 Å². The van der Waals surface area contributed by atoms with Crippen LogP contribution in [-0.4, -0.2) is 5.91 Å². The van der Waals surface area contributed by atoms with Crippen LogP contribution in [0, 0.1) is 11.2 Å². The fourth-order valence-corrected chi connectivity index (χ4v) is 5.02. The van der Waals surface area contributed by atoms with Gasteiger partial charge in [-0.25, -0.2) is 4.39 Å². The first-order valence-electron chi connectivity index (χ1n) is 9.33. The lowest BCUT2D eigenvalue weighted by Crippen LogP contribution is -2.47. The topological polar surface area (TPSA) is 29.1 Å². The van der Waals surface area contributed by atoms with Gasteiger partial charge in [0.05, 0.1) is 11.1 Å². The van der Waals surface area contributed by atoms with Crippen LogP contribution in [0.25, 0.3) is 0 Å². The second-order valence-electron chi connectivity index (χ2n) is 7.80. The summed E-state index contributed by atoms with van der Waals surface area (Å²) in [4.78, 5) is 13.4. The van der Waals surface area contributed by atoms with Gasteiger partial charge in [0, 0.05) is 11.8 Å². The van der Waals surface area contributed by atoms with Crippen molar-refractivity contribution in [3.8, 4) is 0 Å². The number of amides is 1. The van der Waals surface area contributed by atoms with Crippen molar-refractivity contribution in [2.45, 2.75) is 25.2 Å². The minimum Gasteiger partial charge on any atom is -0.323 e. The van der Waals surface area contributed by atoms with Gasteiger partial charge in [0.1, 0.15) is 5.82 Å². The lowest BCUT2D eigenvalue weighted by atomic mass is 9.52. The summed E-state index contributed by atoms with van der Waals surface area (Å²) in [6, 6.07) is 23.2. The Kier molecular flexibility index (Phi) is 3.48. The minimum absolute atomic E-state index is 0.0262. The molecule has 0 radical (unpaired) electrons. The Labute approximate surface area is 158 Å². The Bertz CT molecular complexity index is 1010. The molecule has 0 unspecified atom stereocenters. The lowest BCUT2D eigenvalue weighted by molar-refractivity contribution is -0.126.